The van der Waals surface area contributed by atoms with Gasteiger partial charge in [0, 0.05) is 19.3 Å². The molecule has 0 aromatic rings. The van der Waals surface area contributed by atoms with Crippen molar-refractivity contribution >= 4 is 17.9 Å². The van der Waals surface area contributed by atoms with Crippen molar-refractivity contribution in [1.29, 1.82) is 0 Å². The van der Waals surface area contributed by atoms with Gasteiger partial charge in [-0.3, -0.25) is 14.4 Å². The van der Waals surface area contributed by atoms with Crippen molar-refractivity contribution in [1.82, 2.24) is 0 Å². The van der Waals surface area contributed by atoms with Crippen LogP contribution in [0.1, 0.15) is 226 Å². The molecular weight excluding hydrogens is 757 g/mol. The summed E-state index contributed by atoms with van der Waals surface area (Å²) in [6.07, 6.45) is 63.0. The Labute approximate surface area is 375 Å². The molecule has 6 nitrogen and oxygen atoms in total. The molecule has 0 spiro atoms. The molecule has 348 valence electrons. The van der Waals surface area contributed by atoms with Crippen molar-refractivity contribution < 1.29 is 28.6 Å². The molecule has 0 rings (SSSR count). The third-order valence-electron chi connectivity index (χ3n) is 10.4. The Hall–Kier alpha value is -3.41. The number of esters is 3. The normalized spacial score (nSPS) is 12.8. The first-order chi connectivity index (χ1) is 30.0. The predicted molar refractivity (Wildman–Crippen MR) is 261 cm³/mol. The summed E-state index contributed by atoms with van der Waals surface area (Å²) in [6.45, 7) is 6.40. The summed E-state index contributed by atoms with van der Waals surface area (Å²) in [5, 5.41) is 0. The van der Waals surface area contributed by atoms with E-state index in [-0.39, 0.29) is 37.5 Å². The number of hydrogen-bond acceptors (Lipinski definition) is 6. The van der Waals surface area contributed by atoms with Crippen LogP contribution in [0.2, 0.25) is 0 Å². The molecule has 0 amide bonds. The Balaban J connectivity index is 4.36. The Kier molecular flexibility index (Phi) is 46.5. The van der Waals surface area contributed by atoms with Gasteiger partial charge in [-0.25, -0.2) is 0 Å². The van der Waals surface area contributed by atoms with Crippen LogP contribution < -0.4 is 0 Å². The van der Waals surface area contributed by atoms with Gasteiger partial charge in [-0.15, -0.1) is 0 Å². The minimum atomic E-state index is -0.804. The van der Waals surface area contributed by atoms with Crippen LogP contribution in [0, 0.1) is 0 Å². The minimum absolute atomic E-state index is 0.101. The third-order valence-corrected chi connectivity index (χ3v) is 10.4. The lowest BCUT2D eigenvalue weighted by Crippen LogP contribution is -2.30. The zero-order valence-electron chi connectivity index (χ0n) is 39.7. The third kappa shape index (κ3) is 47.5. The summed E-state index contributed by atoms with van der Waals surface area (Å²) in [7, 11) is 0. The molecule has 0 aromatic carbocycles. The molecule has 0 N–H and O–H groups in total. The smallest absolute Gasteiger partial charge is 0.306 e. The molecule has 0 fully saturated rings. The van der Waals surface area contributed by atoms with Crippen molar-refractivity contribution in [3.05, 3.63) is 85.1 Å². The van der Waals surface area contributed by atoms with E-state index in [2.05, 4.69) is 106 Å². The van der Waals surface area contributed by atoms with Gasteiger partial charge in [0.05, 0.1) is 0 Å². The summed E-state index contributed by atoms with van der Waals surface area (Å²) < 4.78 is 16.7. The van der Waals surface area contributed by atoms with Crippen molar-refractivity contribution in [2.75, 3.05) is 13.2 Å². The molecule has 0 aromatic heterocycles. The van der Waals surface area contributed by atoms with Gasteiger partial charge in [-0.05, 0) is 89.9 Å². The number of unbranched alkanes of at least 4 members (excludes halogenated alkanes) is 19. The van der Waals surface area contributed by atoms with Gasteiger partial charge in [0.2, 0.25) is 0 Å². The lowest BCUT2D eigenvalue weighted by Gasteiger charge is -2.18. The molecule has 0 aliphatic heterocycles. The Morgan fingerprint density at radius 1 is 0.344 bits per heavy atom. The van der Waals surface area contributed by atoms with E-state index in [1.165, 1.54) is 96.3 Å². The fourth-order valence-electron chi connectivity index (χ4n) is 6.62. The number of hydrogen-bond donors (Lipinski definition) is 0. The monoisotopic (exact) mass is 849 g/mol. The molecule has 1 unspecified atom stereocenters. The first-order valence-electron chi connectivity index (χ1n) is 25.1. The van der Waals surface area contributed by atoms with Crippen LogP contribution in [-0.2, 0) is 28.6 Å². The van der Waals surface area contributed by atoms with Crippen molar-refractivity contribution in [2.45, 2.75) is 232 Å². The van der Waals surface area contributed by atoms with Gasteiger partial charge < -0.3 is 14.2 Å². The average Bonchev–Trinajstić information content (AvgIpc) is 3.26. The number of allylic oxidation sites excluding steroid dienone is 14. The quantitative estimate of drug-likeness (QED) is 0.0263. The van der Waals surface area contributed by atoms with E-state index in [0.717, 1.165) is 83.5 Å². The highest BCUT2D eigenvalue weighted by molar-refractivity contribution is 5.71. The van der Waals surface area contributed by atoms with Gasteiger partial charge in [-0.2, -0.15) is 0 Å². The second-order valence-corrected chi connectivity index (χ2v) is 16.3. The van der Waals surface area contributed by atoms with Crippen LogP contribution in [0.4, 0.5) is 0 Å². The molecule has 0 bridgehead atoms. The predicted octanol–water partition coefficient (Wildman–Crippen LogP) is 16.4. The zero-order valence-corrected chi connectivity index (χ0v) is 39.7. The number of carbonyl (C=O) groups excluding carboxylic acids is 3. The first-order valence-corrected chi connectivity index (χ1v) is 25.1. The highest BCUT2D eigenvalue weighted by Crippen LogP contribution is 2.14. The maximum absolute atomic E-state index is 12.7. The van der Waals surface area contributed by atoms with Crippen LogP contribution in [0.3, 0.4) is 0 Å². The van der Waals surface area contributed by atoms with Crippen LogP contribution in [-0.4, -0.2) is 37.2 Å². The number of ether oxygens (including phenoxy) is 3. The highest BCUT2D eigenvalue weighted by atomic mass is 16.6. The maximum Gasteiger partial charge on any atom is 0.306 e. The van der Waals surface area contributed by atoms with E-state index in [1.807, 2.05) is 0 Å². The summed E-state index contributed by atoms with van der Waals surface area (Å²) in [6, 6.07) is 0. The van der Waals surface area contributed by atoms with Gasteiger partial charge in [0.25, 0.3) is 0 Å². The van der Waals surface area contributed by atoms with Crippen molar-refractivity contribution in [3.63, 3.8) is 0 Å². The van der Waals surface area contributed by atoms with Gasteiger partial charge in [0.1, 0.15) is 13.2 Å². The SMILES string of the molecule is CC/C=C\C/C=C\C/C=C\C/C=C\C/C=C\CCCC(=O)OC(COC(=O)CCCCCCCCC)COC(=O)CCCCCCCCCCC/C=C\C/C=C\CCCCC. The summed E-state index contributed by atoms with van der Waals surface area (Å²) in [4.78, 5) is 37.8. The number of rotatable bonds is 44. The molecule has 61 heavy (non-hydrogen) atoms. The highest BCUT2D eigenvalue weighted by Gasteiger charge is 2.19. The van der Waals surface area contributed by atoms with Gasteiger partial charge >= 0.3 is 17.9 Å². The summed E-state index contributed by atoms with van der Waals surface area (Å²) in [5.74, 6) is -0.973. The summed E-state index contributed by atoms with van der Waals surface area (Å²) >= 11 is 0. The largest absolute Gasteiger partial charge is 0.462 e. The summed E-state index contributed by atoms with van der Waals surface area (Å²) in [5.41, 5.74) is 0. The van der Waals surface area contributed by atoms with Crippen LogP contribution >= 0.6 is 0 Å². The molecule has 0 saturated carbocycles. The lowest BCUT2D eigenvalue weighted by molar-refractivity contribution is -0.167. The Morgan fingerprint density at radius 3 is 1.08 bits per heavy atom. The van der Waals surface area contributed by atoms with Gasteiger partial charge in [-0.1, -0.05) is 202 Å². The lowest BCUT2D eigenvalue weighted by atomic mass is 10.1. The molecule has 6 heteroatoms. The Bertz CT molecular complexity index is 1200. The van der Waals surface area contributed by atoms with E-state index >= 15 is 0 Å². The fraction of sp³-hybridized carbons (Fsp3) is 0.691. The first kappa shape index (κ1) is 57.6. The zero-order chi connectivity index (χ0) is 44.4. The molecule has 0 heterocycles. The standard InChI is InChI=1S/C55H92O6/c1-4-7-10-13-16-18-20-22-24-26-27-29-30-32-34-36-39-42-45-48-54(57)60-51-52(50-59-53(56)47-44-41-38-15-12-9-6-3)61-55(58)49-46-43-40-37-35-33-31-28-25-23-21-19-17-14-11-8-5-2/h8,11,16-19,22-25,31,33,37,40,52H,4-7,9-10,12-15,20-21,26-30,32,34-36,38-39,41-51H2,1-3H3/b11-8-,18-16-,19-17-,24-22-,25-23-,33-31-,40-37-. The molecular formula is C55H92O6. The van der Waals surface area contributed by atoms with E-state index in [1.54, 1.807) is 0 Å². The van der Waals surface area contributed by atoms with Crippen LogP contribution in [0.15, 0.2) is 85.1 Å². The molecule has 0 saturated heterocycles. The molecule has 0 radical (unpaired) electrons. The van der Waals surface area contributed by atoms with E-state index in [0.29, 0.717) is 19.3 Å². The molecule has 1 atom stereocenters. The van der Waals surface area contributed by atoms with Gasteiger partial charge in [0.15, 0.2) is 6.10 Å². The second kappa shape index (κ2) is 49.2. The molecule has 0 aliphatic rings. The van der Waals surface area contributed by atoms with E-state index < -0.39 is 6.10 Å². The van der Waals surface area contributed by atoms with Crippen molar-refractivity contribution in [2.24, 2.45) is 0 Å². The second-order valence-electron chi connectivity index (χ2n) is 16.3. The van der Waals surface area contributed by atoms with Crippen LogP contribution in [0.25, 0.3) is 0 Å². The van der Waals surface area contributed by atoms with Crippen LogP contribution in [0.5, 0.6) is 0 Å². The molecule has 0 aliphatic carbocycles. The Morgan fingerprint density at radius 2 is 0.656 bits per heavy atom. The maximum atomic E-state index is 12.7. The topological polar surface area (TPSA) is 78.9 Å². The van der Waals surface area contributed by atoms with E-state index in [4.69, 9.17) is 14.2 Å². The number of carbonyl (C=O) groups is 3. The van der Waals surface area contributed by atoms with Crippen molar-refractivity contribution in [3.8, 4) is 0 Å². The van der Waals surface area contributed by atoms with E-state index in [9.17, 15) is 14.4 Å². The average molecular weight is 849 g/mol. The fourth-order valence-corrected chi connectivity index (χ4v) is 6.62. The minimum Gasteiger partial charge on any atom is -0.462 e.